The molecule has 2 atom stereocenters. The second-order valence-electron chi connectivity index (χ2n) is 9.35. The van der Waals surface area contributed by atoms with Crippen LogP contribution in [0, 0.1) is 5.92 Å². The van der Waals surface area contributed by atoms with E-state index in [1.807, 2.05) is 6.92 Å². The number of thiazole rings is 1. The normalized spacial score (nSPS) is 19.7. The predicted octanol–water partition coefficient (Wildman–Crippen LogP) is 3.58. The van der Waals surface area contributed by atoms with Gasteiger partial charge in [-0.1, -0.05) is 42.8 Å². The van der Waals surface area contributed by atoms with Crippen LogP contribution in [0.5, 0.6) is 0 Å². The van der Waals surface area contributed by atoms with Crippen molar-refractivity contribution < 1.29 is 19.2 Å². The molecule has 0 saturated carbocycles. The highest BCUT2D eigenvalue weighted by Crippen LogP contribution is 2.34. The third-order valence-corrected chi connectivity index (χ3v) is 8.55. The van der Waals surface area contributed by atoms with Gasteiger partial charge < -0.3 is 10.6 Å². The van der Waals surface area contributed by atoms with Crippen LogP contribution < -0.4 is 10.6 Å². The van der Waals surface area contributed by atoms with Gasteiger partial charge in [-0.2, -0.15) is 0 Å². The zero-order chi connectivity index (χ0) is 26.1. The van der Waals surface area contributed by atoms with E-state index in [4.69, 9.17) is 11.6 Å². The van der Waals surface area contributed by atoms with Crippen LogP contribution in [0.25, 0.3) is 5.57 Å². The molecule has 4 amide bonds. The summed E-state index contributed by atoms with van der Waals surface area (Å²) in [6.07, 6.45) is 6.24. The highest BCUT2D eigenvalue weighted by Gasteiger charge is 2.42. The van der Waals surface area contributed by atoms with E-state index in [0.29, 0.717) is 41.9 Å². The molecule has 11 heteroatoms. The Morgan fingerprint density at radius 1 is 1.19 bits per heavy atom. The van der Waals surface area contributed by atoms with Crippen molar-refractivity contribution in [3.8, 4) is 0 Å². The Bertz CT molecular complexity index is 1290. The number of fused-ring (bicyclic) bond motifs is 2. The summed E-state index contributed by atoms with van der Waals surface area (Å²) in [5.41, 5.74) is 1.99. The van der Waals surface area contributed by atoms with Gasteiger partial charge in [0.15, 0.2) is 5.15 Å². The Labute approximate surface area is 223 Å². The zero-order valence-electron chi connectivity index (χ0n) is 20.5. The number of nitrogens with one attached hydrogen (secondary N) is 2. The highest BCUT2D eigenvalue weighted by atomic mass is 35.5. The average Bonchev–Trinajstić information content (AvgIpc) is 3.66. The topological polar surface area (TPSA) is 112 Å². The average molecular weight is 542 g/mol. The quantitative estimate of drug-likeness (QED) is 0.556. The molecule has 37 heavy (non-hydrogen) atoms. The number of carbonyl (C=O) groups excluding carboxylic acids is 4. The largest absolute Gasteiger partial charge is 0.350 e. The Morgan fingerprint density at radius 3 is 2.73 bits per heavy atom. The number of hydrazine groups is 1. The van der Waals surface area contributed by atoms with Crippen molar-refractivity contribution in [2.24, 2.45) is 5.92 Å². The van der Waals surface area contributed by atoms with Crippen LogP contribution in [-0.4, -0.2) is 58.3 Å². The van der Waals surface area contributed by atoms with Gasteiger partial charge in [-0.25, -0.2) is 15.0 Å². The van der Waals surface area contributed by atoms with Crippen molar-refractivity contribution in [2.45, 2.75) is 45.1 Å². The molecular weight excluding hydrogens is 514 g/mol. The molecule has 1 saturated heterocycles. The summed E-state index contributed by atoms with van der Waals surface area (Å²) >= 11 is 7.51. The van der Waals surface area contributed by atoms with Crippen LogP contribution in [-0.2, 0) is 9.59 Å². The number of aromatic nitrogens is 1. The minimum absolute atomic E-state index is 0.0742. The molecule has 3 aliphatic rings. The standard InChI is InChI=1S/C26H28ClN5O4S/c1-2-15(14-28-23(34)20-21(27)30-24(37-20)16-8-3-4-9-16)22(33)29-19-17-10-5-6-11-18(17)25(35)31-12-7-13-32(31)26(19)36/h5-6,8,10-11,15,19H,2-4,7,9,12-14H2,1H3,(H,28,34)(H,29,33)/t15?,19-/m0/s1. The number of allylic oxidation sites excluding steroid dienone is 2. The molecule has 2 aromatic rings. The molecule has 2 N–H and O–H groups in total. The van der Waals surface area contributed by atoms with Crippen molar-refractivity contribution in [3.63, 3.8) is 0 Å². The van der Waals surface area contributed by atoms with Gasteiger partial charge in [0.05, 0.1) is 5.92 Å². The molecule has 5 rings (SSSR count). The van der Waals surface area contributed by atoms with Gasteiger partial charge in [0, 0.05) is 25.2 Å². The summed E-state index contributed by atoms with van der Waals surface area (Å²) in [5.74, 6) is -1.92. The summed E-state index contributed by atoms with van der Waals surface area (Å²) in [5, 5.41) is 9.47. The summed E-state index contributed by atoms with van der Waals surface area (Å²) in [6.45, 7) is 2.80. The van der Waals surface area contributed by atoms with Gasteiger partial charge in [0.2, 0.25) is 5.91 Å². The number of carbonyl (C=O) groups is 4. The lowest BCUT2D eigenvalue weighted by atomic mass is 9.97. The lowest BCUT2D eigenvalue weighted by molar-refractivity contribution is -0.144. The molecule has 194 valence electrons. The maximum absolute atomic E-state index is 13.4. The number of amides is 4. The van der Waals surface area contributed by atoms with E-state index in [9.17, 15) is 19.2 Å². The van der Waals surface area contributed by atoms with Crippen LogP contribution >= 0.6 is 22.9 Å². The lowest BCUT2D eigenvalue weighted by Gasteiger charge is -2.28. The fraction of sp³-hybridized carbons (Fsp3) is 0.423. The third-order valence-electron chi connectivity index (χ3n) is 7.04. The summed E-state index contributed by atoms with van der Waals surface area (Å²) in [7, 11) is 0. The molecule has 3 heterocycles. The summed E-state index contributed by atoms with van der Waals surface area (Å²) < 4.78 is 0. The Balaban J connectivity index is 1.29. The van der Waals surface area contributed by atoms with E-state index >= 15 is 0 Å². The van der Waals surface area contributed by atoms with Crippen molar-refractivity contribution in [3.05, 3.63) is 56.5 Å². The van der Waals surface area contributed by atoms with E-state index in [1.165, 1.54) is 21.4 Å². The van der Waals surface area contributed by atoms with Crippen LogP contribution in [0.2, 0.25) is 5.15 Å². The first kappa shape index (κ1) is 25.4. The van der Waals surface area contributed by atoms with Crippen molar-refractivity contribution in [1.82, 2.24) is 25.6 Å². The molecular formula is C26H28ClN5O4S. The lowest BCUT2D eigenvalue weighted by Crippen LogP contribution is -2.48. The van der Waals surface area contributed by atoms with Crippen LogP contribution in [0.1, 0.15) is 75.7 Å². The van der Waals surface area contributed by atoms with E-state index < -0.39 is 12.0 Å². The number of hydrogen-bond donors (Lipinski definition) is 2. The molecule has 1 aromatic heterocycles. The first-order valence-corrected chi connectivity index (χ1v) is 13.7. The fourth-order valence-electron chi connectivity index (χ4n) is 4.98. The monoisotopic (exact) mass is 541 g/mol. The Hall–Kier alpha value is -3.24. The number of nitrogens with zero attached hydrogens (tertiary/aromatic N) is 3. The first-order valence-electron chi connectivity index (χ1n) is 12.6. The zero-order valence-corrected chi connectivity index (χ0v) is 22.0. The van der Waals surface area contributed by atoms with Crippen molar-refractivity contribution in [2.75, 3.05) is 19.6 Å². The Morgan fingerprint density at radius 2 is 1.97 bits per heavy atom. The molecule has 0 spiro atoms. The van der Waals surface area contributed by atoms with E-state index in [1.54, 1.807) is 24.3 Å². The van der Waals surface area contributed by atoms with Gasteiger partial charge in [0.25, 0.3) is 17.7 Å². The van der Waals surface area contributed by atoms with Gasteiger partial charge in [-0.3, -0.25) is 19.2 Å². The maximum Gasteiger partial charge on any atom is 0.272 e. The molecule has 1 aromatic carbocycles. The highest BCUT2D eigenvalue weighted by molar-refractivity contribution is 7.15. The van der Waals surface area contributed by atoms with Crippen LogP contribution in [0.3, 0.4) is 0 Å². The predicted molar refractivity (Wildman–Crippen MR) is 140 cm³/mol. The number of benzene rings is 1. The van der Waals surface area contributed by atoms with Gasteiger partial charge in [-0.15, -0.1) is 11.3 Å². The van der Waals surface area contributed by atoms with Crippen LogP contribution in [0.4, 0.5) is 0 Å². The maximum atomic E-state index is 13.4. The summed E-state index contributed by atoms with van der Waals surface area (Å²) in [4.78, 5) is 57.3. The molecule has 0 bridgehead atoms. The minimum atomic E-state index is -0.987. The van der Waals surface area contributed by atoms with Gasteiger partial charge in [0.1, 0.15) is 15.9 Å². The first-order chi connectivity index (χ1) is 17.9. The molecule has 0 radical (unpaired) electrons. The smallest absolute Gasteiger partial charge is 0.272 e. The number of rotatable bonds is 7. The number of halogens is 1. The second kappa shape index (κ2) is 10.6. The minimum Gasteiger partial charge on any atom is -0.350 e. The molecule has 1 aliphatic carbocycles. The van der Waals surface area contributed by atoms with E-state index in [2.05, 4.69) is 21.7 Å². The van der Waals surface area contributed by atoms with E-state index in [0.717, 1.165) is 29.8 Å². The fourth-order valence-corrected chi connectivity index (χ4v) is 6.26. The van der Waals surface area contributed by atoms with Crippen molar-refractivity contribution >= 4 is 52.1 Å². The van der Waals surface area contributed by atoms with Gasteiger partial charge >= 0.3 is 0 Å². The number of hydrogen-bond acceptors (Lipinski definition) is 6. The molecule has 1 fully saturated rings. The molecule has 9 nitrogen and oxygen atoms in total. The van der Waals surface area contributed by atoms with Crippen molar-refractivity contribution in [1.29, 1.82) is 0 Å². The van der Waals surface area contributed by atoms with Crippen LogP contribution in [0.15, 0.2) is 30.3 Å². The third kappa shape index (κ3) is 4.87. The molecule has 2 aliphatic heterocycles. The molecule has 1 unspecified atom stereocenters. The SMILES string of the molecule is CCC(CNC(=O)c1sc(C2=CCCC2)nc1Cl)C(=O)N[C@@H]1C(=O)N2CCCN2C(=O)c2ccccc21. The van der Waals surface area contributed by atoms with Gasteiger partial charge in [-0.05, 0) is 49.3 Å². The second-order valence-corrected chi connectivity index (χ2v) is 10.7. The van der Waals surface area contributed by atoms with E-state index in [-0.39, 0.29) is 35.3 Å². The Kier molecular flexibility index (Phi) is 7.30. The summed E-state index contributed by atoms with van der Waals surface area (Å²) in [6, 6.07) is 5.88.